The maximum atomic E-state index is 2.35. The summed E-state index contributed by atoms with van der Waals surface area (Å²) in [5.41, 5.74) is 1.51. The summed E-state index contributed by atoms with van der Waals surface area (Å²) in [4.78, 5) is 0. The monoisotopic (exact) mass is 381 g/mol. The van der Waals surface area contributed by atoms with Gasteiger partial charge < -0.3 is 12.4 Å². The topological polar surface area (TPSA) is 3.88 Å². The first-order valence-electron chi connectivity index (χ1n) is 11.3. The summed E-state index contributed by atoms with van der Waals surface area (Å²) in [6, 6.07) is 4.66. The molecule has 152 valence electrons. The Morgan fingerprint density at radius 2 is 1.00 bits per heavy atom. The van der Waals surface area contributed by atoms with Crippen LogP contribution in [-0.4, -0.2) is 0 Å². The molecule has 1 rings (SSSR count). The highest BCUT2D eigenvalue weighted by Crippen LogP contribution is 2.12. The van der Waals surface area contributed by atoms with Gasteiger partial charge in [0.25, 0.3) is 0 Å². The van der Waals surface area contributed by atoms with Gasteiger partial charge in [-0.05, 0) is 24.8 Å². The summed E-state index contributed by atoms with van der Waals surface area (Å²) in [5, 5.41) is 0. The van der Waals surface area contributed by atoms with E-state index >= 15 is 0 Å². The Morgan fingerprint density at radius 1 is 0.577 bits per heavy atom. The number of aromatic nitrogens is 1. The highest BCUT2D eigenvalue weighted by atomic mass is 35.5. The van der Waals surface area contributed by atoms with Crippen LogP contribution >= 0.6 is 0 Å². The molecule has 0 spiro atoms. The highest BCUT2D eigenvalue weighted by Gasteiger charge is 2.01. The van der Waals surface area contributed by atoms with E-state index in [4.69, 9.17) is 0 Å². The molecular weight excluding hydrogens is 338 g/mol. The predicted octanol–water partition coefficient (Wildman–Crippen LogP) is 4.41. The third-order valence-electron chi connectivity index (χ3n) is 5.30. The van der Waals surface area contributed by atoms with E-state index in [0.29, 0.717) is 0 Å². The molecule has 0 N–H and O–H groups in total. The second-order valence-electron chi connectivity index (χ2n) is 7.79. The molecule has 1 aromatic rings. The molecule has 0 radical (unpaired) electrons. The molecule has 0 aliphatic rings. The van der Waals surface area contributed by atoms with Crippen LogP contribution in [0.15, 0.2) is 24.5 Å². The van der Waals surface area contributed by atoms with E-state index in [1.807, 2.05) is 0 Å². The summed E-state index contributed by atoms with van der Waals surface area (Å²) in [5.74, 6) is 0. The van der Waals surface area contributed by atoms with Crippen molar-refractivity contribution in [2.75, 3.05) is 0 Å². The lowest BCUT2D eigenvalue weighted by Crippen LogP contribution is -3.00. The van der Waals surface area contributed by atoms with Gasteiger partial charge in [0.05, 0.1) is 0 Å². The minimum absolute atomic E-state index is 0. The van der Waals surface area contributed by atoms with Crippen molar-refractivity contribution >= 4 is 0 Å². The van der Waals surface area contributed by atoms with Crippen molar-refractivity contribution in [2.24, 2.45) is 0 Å². The van der Waals surface area contributed by atoms with E-state index in [1.165, 1.54) is 115 Å². The minimum atomic E-state index is 0. The molecule has 0 fully saturated rings. The zero-order valence-corrected chi connectivity index (χ0v) is 18.4. The van der Waals surface area contributed by atoms with Gasteiger partial charge in [-0.25, -0.2) is 4.57 Å². The van der Waals surface area contributed by atoms with Crippen LogP contribution in [0.1, 0.15) is 116 Å². The van der Waals surface area contributed by atoms with Crippen LogP contribution in [0.25, 0.3) is 0 Å². The molecule has 0 bridgehead atoms. The molecule has 0 amide bonds. The predicted molar refractivity (Wildman–Crippen MR) is 111 cm³/mol. The lowest BCUT2D eigenvalue weighted by molar-refractivity contribution is -0.697. The lowest BCUT2D eigenvalue weighted by atomic mass is 10.0. The van der Waals surface area contributed by atoms with Crippen LogP contribution < -0.4 is 17.0 Å². The van der Waals surface area contributed by atoms with Crippen LogP contribution in [-0.2, 0) is 13.0 Å². The average Bonchev–Trinajstić information content (AvgIpc) is 2.64. The third kappa shape index (κ3) is 14.6. The fourth-order valence-corrected chi connectivity index (χ4v) is 3.52. The van der Waals surface area contributed by atoms with E-state index in [-0.39, 0.29) is 12.4 Å². The summed E-state index contributed by atoms with van der Waals surface area (Å²) < 4.78 is 2.35. The summed E-state index contributed by atoms with van der Waals surface area (Å²) >= 11 is 0. The van der Waals surface area contributed by atoms with Gasteiger partial charge in [0.15, 0.2) is 12.4 Å². The fraction of sp³-hybridized carbons (Fsp3) is 0.792. The summed E-state index contributed by atoms with van der Waals surface area (Å²) in [6.07, 6.45) is 26.9. The molecule has 0 aromatic carbocycles. The molecule has 0 aliphatic carbocycles. The lowest BCUT2D eigenvalue weighted by Gasteiger charge is -2.03. The zero-order valence-electron chi connectivity index (χ0n) is 17.7. The van der Waals surface area contributed by atoms with Crippen molar-refractivity contribution in [2.45, 2.75) is 123 Å². The highest BCUT2D eigenvalue weighted by molar-refractivity contribution is 5.07. The molecule has 1 nitrogen and oxygen atoms in total. The second kappa shape index (κ2) is 19.2. The number of aryl methyl sites for hydroxylation is 2. The Bertz CT molecular complexity index is 388. The molecule has 26 heavy (non-hydrogen) atoms. The average molecular weight is 382 g/mol. The van der Waals surface area contributed by atoms with Gasteiger partial charge >= 0.3 is 0 Å². The van der Waals surface area contributed by atoms with E-state index in [2.05, 4.69) is 42.9 Å². The number of nitrogens with zero attached hydrogens (tertiary/aromatic N) is 1. The molecule has 2 heteroatoms. The first-order chi connectivity index (χ1) is 12.4. The normalized spacial score (nSPS) is 10.7. The van der Waals surface area contributed by atoms with Gasteiger partial charge in [0.1, 0.15) is 6.54 Å². The standard InChI is InChI=1S/C24H44N.ClH/c1-3-5-7-9-10-11-12-13-14-15-16-18-24-19-22-25(23-20-24)21-17-8-6-4-2;/h19-20,22-23H,3-18,21H2,1-2H3;1H/q+1;/p-1. The Balaban J connectivity index is 0.00000625. The van der Waals surface area contributed by atoms with E-state index in [1.54, 1.807) is 0 Å². The van der Waals surface area contributed by atoms with Crippen molar-refractivity contribution in [3.05, 3.63) is 30.1 Å². The van der Waals surface area contributed by atoms with E-state index in [0.717, 1.165) is 0 Å². The summed E-state index contributed by atoms with van der Waals surface area (Å²) in [6.45, 7) is 5.75. The number of halogens is 1. The Hall–Kier alpha value is -0.560. The van der Waals surface area contributed by atoms with Gasteiger partial charge in [-0.2, -0.15) is 0 Å². The maximum Gasteiger partial charge on any atom is 0.169 e. The van der Waals surface area contributed by atoms with Crippen LogP contribution in [0.5, 0.6) is 0 Å². The maximum absolute atomic E-state index is 2.35. The van der Waals surface area contributed by atoms with Crippen molar-refractivity contribution < 1.29 is 17.0 Å². The van der Waals surface area contributed by atoms with Crippen molar-refractivity contribution in [3.63, 3.8) is 0 Å². The largest absolute Gasteiger partial charge is 1.00 e. The third-order valence-corrected chi connectivity index (χ3v) is 5.30. The molecule has 0 aliphatic heterocycles. The molecule has 0 saturated carbocycles. The Kier molecular flexibility index (Phi) is 18.8. The minimum Gasteiger partial charge on any atom is -1.00 e. The second-order valence-corrected chi connectivity index (χ2v) is 7.79. The molecule has 0 saturated heterocycles. The van der Waals surface area contributed by atoms with Gasteiger partial charge in [0, 0.05) is 18.6 Å². The zero-order chi connectivity index (χ0) is 18.0. The molecular formula is C24H44ClN. The number of rotatable bonds is 17. The van der Waals surface area contributed by atoms with Gasteiger partial charge in [-0.15, -0.1) is 0 Å². The van der Waals surface area contributed by atoms with E-state index in [9.17, 15) is 0 Å². The molecule has 0 unspecified atom stereocenters. The van der Waals surface area contributed by atoms with Crippen LogP contribution in [0.2, 0.25) is 0 Å². The Labute approximate surface area is 170 Å². The first kappa shape index (κ1) is 25.4. The van der Waals surface area contributed by atoms with E-state index < -0.39 is 0 Å². The number of hydrogen-bond acceptors (Lipinski definition) is 0. The fourth-order valence-electron chi connectivity index (χ4n) is 3.52. The van der Waals surface area contributed by atoms with Crippen molar-refractivity contribution in [1.82, 2.24) is 0 Å². The van der Waals surface area contributed by atoms with Gasteiger partial charge in [-0.1, -0.05) is 90.9 Å². The molecule has 1 aromatic heterocycles. The van der Waals surface area contributed by atoms with Gasteiger partial charge in [0.2, 0.25) is 0 Å². The van der Waals surface area contributed by atoms with Crippen LogP contribution in [0, 0.1) is 0 Å². The number of hydrogen-bond donors (Lipinski definition) is 0. The Morgan fingerprint density at radius 3 is 1.50 bits per heavy atom. The first-order valence-corrected chi connectivity index (χ1v) is 11.3. The van der Waals surface area contributed by atoms with Crippen molar-refractivity contribution in [3.8, 4) is 0 Å². The quantitative estimate of drug-likeness (QED) is 0.278. The summed E-state index contributed by atoms with van der Waals surface area (Å²) in [7, 11) is 0. The van der Waals surface area contributed by atoms with Gasteiger partial charge in [-0.3, -0.25) is 0 Å². The van der Waals surface area contributed by atoms with Crippen LogP contribution in [0.4, 0.5) is 0 Å². The molecule has 0 atom stereocenters. The SMILES string of the molecule is CCCCCCCCCCCCCc1cc[n+](CCCCCC)cc1.[Cl-]. The van der Waals surface area contributed by atoms with Crippen molar-refractivity contribution in [1.29, 1.82) is 0 Å². The number of unbranched alkanes of at least 4 members (excludes halogenated alkanes) is 13. The van der Waals surface area contributed by atoms with Crippen LogP contribution in [0.3, 0.4) is 0 Å². The molecule has 1 heterocycles. The number of pyridine rings is 1. The smallest absolute Gasteiger partial charge is 0.169 e.